The minimum absolute atomic E-state index is 0.00593. The van der Waals surface area contributed by atoms with Gasteiger partial charge in [0.1, 0.15) is 12.4 Å². The molecule has 0 aromatic carbocycles. The van der Waals surface area contributed by atoms with Crippen molar-refractivity contribution in [2.45, 2.75) is 6.92 Å². The standard InChI is InChI=1S/C7H10N4O3/c1-4-9-6(11-10-4)7(13)8-3-5(12)14-2/h3H2,1-2H3,(H,8,13)(H,9,10,11). The lowest BCUT2D eigenvalue weighted by Crippen LogP contribution is -2.30. The number of rotatable bonds is 3. The molecule has 0 aliphatic carbocycles. The molecule has 1 aromatic rings. The molecule has 2 N–H and O–H groups in total. The predicted octanol–water partition coefficient (Wildman–Crippen LogP) is -0.984. The highest BCUT2D eigenvalue weighted by Gasteiger charge is 2.11. The first-order valence-electron chi connectivity index (χ1n) is 3.87. The van der Waals surface area contributed by atoms with E-state index in [1.165, 1.54) is 7.11 Å². The van der Waals surface area contributed by atoms with Crippen molar-refractivity contribution >= 4 is 11.9 Å². The zero-order valence-corrected chi connectivity index (χ0v) is 7.83. The molecule has 1 rings (SSSR count). The number of esters is 1. The van der Waals surface area contributed by atoms with Crippen LogP contribution in [0.1, 0.15) is 16.4 Å². The molecule has 0 aliphatic rings. The Bertz CT molecular complexity index is 346. The summed E-state index contributed by atoms with van der Waals surface area (Å²) in [4.78, 5) is 25.7. The molecule has 0 saturated carbocycles. The summed E-state index contributed by atoms with van der Waals surface area (Å²) in [6.07, 6.45) is 0. The van der Waals surface area contributed by atoms with Gasteiger partial charge in [-0.2, -0.15) is 0 Å². The predicted molar refractivity (Wildman–Crippen MR) is 45.5 cm³/mol. The highest BCUT2D eigenvalue weighted by Crippen LogP contribution is 1.89. The van der Waals surface area contributed by atoms with Gasteiger partial charge in [-0.1, -0.05) is 0 Å². The van der Waals surface area contributed by atoms with Crippen molar-refractivity contribution in [1.29, 1.82) is 0 Å². The molecule has 14 heavy (non-hydrogen) atoms. The number of hydrogen-bond donors (Lipinski definition) is 2. The van der Waals surface area contributed by atoms with E-state index in [2.05, 4.69) is 25.2 Å². The first-order valence-corrected chi connectivity index (χ1v) is 3.87. The second-order valence-corrected chi connectivity index (χ2v) is 2.50. The van der Waals surface area contributed by atoms with Crippen molar-refractivity contribution in [1.82, 2.24) is 20.5 Å². The number of nitrogens with zero attached hydrogens (tertiary/aromatic N) is 2. The van der Waals surface area contributed by atoms with Gasteiger partial charge < -0.3 is 10.1 Å². The van der Waals surface area contributed by atoms with Crippen LogP contribution in [0.3, 0.4) is 0 Å². The normalized spacial score (nSPS) is 9.57. The van der Waals surface area contributed by atoms with Crippen LogP contribution in [-0.4, -0.2) is 40.7 Å². The lowest BCUT2D eigenvalue weighted by molar-refractivity contribution is -0.139. The number of amides is 1. The lowest BCUT2D eigenvalue weighted by Gasteiger charge is -1.99. The van der Waals surface area contributed by atoms with Gasteiger partial charge in [0.25, 0.3) is 5.91 Å². The summed E-state index contributed by atoms with van der Waals surface area (Å²) in [6, 6.07) is 0. The summed E-state index contributed by atoms with van der Waals surface area (Å²) < 4.78 is 4.34. The molecular formula is C7H10N4O3. The average Bonchev–Trinajstić information content (AvgIpc) is 2.60. The Labute approximate surface area is 79.9 Å². The number of carbonyl (C=O) groups is 2. The SMILES string of the molecule is COC(=O)CNC(=O)c1n[nH]c(C)n1. The van der Waals surface area contributed by atoms with Crippen LogP contribution >= 0.6 is 0 Å². The van der Waals surface area contributed by atoms with Crippen molar-refractivity contribution in [2.24, 2.45) is 0 Å². The zero-order valence-electron chi connectivity index (χ0n) is 7.83. The highest BCUT2D eigenvalue weighted by atomic mass is 16.5. The molecule has 1 heterocycles. The van der Waals surface area contributed by atoms with E-state index in [0.717, 1.165) is 0 Å². The van der Waals surface area contributed by atoms with Crippen molar-refractivity contribution in [3.63, 3.8) is 0 Å². The Morgan fingerprint density at radius 2 is 2.29 bits per heavy atom. The molecule has 7 nitrogen and oxygen atoms in total. The molecular weight excluding hydrogens is 188 g/mol. The van der Waals surface area contributed by atoms with Gasteiger partial charge in [-0.25, -0.2) is 4.98 Å². The Balaban J connectivity index is 2.47. The Hall–Kier alpha value is -1.92. The molecule has 0 fully saturated rings. The van der Waals surface area contributed by atoms with E-state index in [1.807, 2.05) is 0 Å². The average molecular weight is 198 g/mol. The fourth-order valence-corrected chi connectivity index (χ4v) is 0.748. The number of hydrogen-bond acceptors (Lipinski definition) is 5. The van der Waals surface area contributed by atoms with E-state index in [0.29, 0.717) is 5.82 Å². The van der Waals surface area contributed by atoms with Crippen LogP contribution in [0.5, 0.6) is 0 Å². The molecule has 1 aromatic heterocycles. The second-order valence-electron chi connectivity index (χ2n) is 2.50. The minimum atomic E-state index is -0.523. The minimum Gasteiger partial charge on any atom is -0.468 e. The summed E-state index contributed by atoms with van der Waals surface area (Å²) in [6.45, 7) is 1.48. The monoisotopic (exact) mass is 198 g/mol. The number of nitrogens with one attached hydrogen (secondary N) is 2. The largest absolute Gasteiger partial charge is 0.468 e. The second kappa shape index (κ2) is 4.35. The Morgan fingerprint density at radius 3 is 2.79 bits per heavy atom. The van der Waals surface area contributed by atoms with Crippen LogP contribution in [-0.2, 0) is 9.53 Å². The summed E-state index contributed by atoms with van der Waals surface area (Å²) in [5.41, 5.74) is 0. The van der Waals surface area contributed by atoms with Gasteiger partial charge in [0, 0.05) is 0 Å². The molecule has 1 amide bonds. The smallest absolute Gasteiger partial charge is 0.325 e. The van der Waals surface area contributed by atoms with E-state index >= 15 is 0 Å². The highest BCUT2D eigenvalue weighted by molar-refractivity contribution is 5.92. The van der Waals surface area contributed by atoms with E-state index in [9.17, 15) is 9.59 Å². The van der Waals surface area contributed by atoms with Crippen LogP contribution < -0.4 is 5.32 Å². The maximum absolute atomic E-state index is 11.2. The molecule has 7 heteroatoms. The van der Waals surface area contributed by atoms with E-state index in [1.54, 1.807) is 6.92 Å². The molecule has 0 atom stereocenters. The summed E-state index contributed by atoms with van der Waals surface area (Å²) >= 11 is 0. The molecule has 0 unspecified atom stereocenters. The van der Waals surface area contributed by atoms with E-state index in [-0.39, 0.29) is 12.4 Å². The Morgan fingerprint density at radius 1 is 1.57 bits per heavy atom. The van der Waals surface area contributed by atoms with Gasteiger partial charge in [-0.3, -0.25) is 14.7 Å². The summed E-state index contributed by atoms with van der Waals surface area (Å²) in [5, 5.41) is 8.44. The fraction of sp³-hybridized carbons (Fsp3) is 0.429. The topological polar surface area (TPSA) is 97.0 Å². The van der Waals surface area contributed by atoms with Crippen LogP contribution in [0.2, 0.25) is 0 Å². The maximum Gasteiger partial charge on any atom is 0.325 e. The fourth-order valence-electron chi connectivity index (χ4n) is 0.748. The number of aryl methyl sites for hydroxylation is 1. The zero-order chi connectivity index (χ0) is 10.6. The van der Waals surface area contributed by atoms with Crippen LogP contribution in [0.4, 0.5) is 0 Å². The molecule has 0 bridgehead atoms. The molecule has 76 valence electrons. The third kappa shape index (κ3) is 2.54. The van der Waals surface area contributed by atoms with Crippen molar-refractivity contribution < 1.29 is 14.3 Å². The molecule has 0 saturated heterocycles. The number of aromatic amines is 1. The van der Waals surface area contributed by atoms with Crippen molar-refractivity contribution in [3.8, 4) is 0 Å². The quantitative estimate of drug-likeness (QED) is 0.608. The van der Waals surface area contributed by atoms with Gasteiger partial charge >= 0.3 is 5.97 Å². The summed E-state index contributed by atoms with van der Waals surface area (Å²) in [5.74, 6) is -0.495. The lowest BCUT2D eigenvalue weighted by atomic mass is 10.5. The molecule has 0 radical (unpaired) electrons. The Kier molecular flexibility index (Phi) is 3.16. The number of carbonyl (C=O) groups excluding carboxylic acids is 2. The van der Waals surface area contributed by atoms with Gasteiger partial charge in [0.05, 0.1) is 7.11 Å². The maximum atomic E-state index is 11.2. The third-order valence-electron chi connectivity index (χ3n) is 1.42. The van der Waals surface area contributed by atoms with E-state index in [4.69, 9.17) is 0 Å². The van der Waals surface area contributed by atoms with Crippen molar-refractivity contribution in [2.75, 3.05) is 13.7 Å². The van der Waals surface area contributed by atoms with Crippen LogP contribution in [0.25, 0.3) is 0 Å². The number of methoxy groups -OCH3 is 1. The summed E-state index contributed by atoms with van der Waals surface area (Å²) in [7, 11) is 1.24. The van der Waals surface area contributed by atoms with Gasteiger partial charge in [0.2, 0.25) is 5.82 Å². The third-order valence-corrected chi connectivity index (χ3v) is 1.42. The first-order chi connectivity index (χ1) is 6.63. The van der Waals surface area contributed by atoms with Gasteiger partial charge in [-0.05, 0) is 6.92 Å². The first kappa shape index (κ1) is 10.2. The molecule has 0 spiro atoms. The molecule has 0 aliphatic heterocycles. The van der Waals surface area contributed by atoms with Crippen molar-refractivity contribution in [3.05, 3.63) is 11.6 Å². The number of H-pyrrole nitrogens is 1. The van der Waals surface area contributed by atoms with E-state index < -0.39 is 11.9 Å². The van der Waals surface area contributed by atoms with Crippen LogP contribution in [0, 0.1) is 6.92 Å². The van der Waals surface area contributed by atoms with Crippen LogP contribution in [0.15, 0.2) is 0 Å². The van der Waals surface area contributed by atoms with Gasteiger partial charge in [-0.15, -0.1) is 5.10 Å². The van der Waals surface area contributed by atoms with Gasteiger partial charge in [0.15, 0.2) is 0 Å². The number of ether oxygens (including phenoxy) is 1. The number of aromatic nitrogens is 3.